The summed E-state index contributed by atoms with van der Waals surface area (Å²) in [5, 5.41) is 3.43. The third-order valence-corrected chi connectivity index (χ3v) is 8.50. The highest BCUT2D eigenvalue weighted by Crippen LogP contribution is 2.32. The van der Waals surface area contributed by atoms with E-state index in [9.17, 15) is 18.0 Å². The van der Waals surface area contributed by atoms with E-state index in [2.05, 4.69) is 5.32 Å². The van der Waals surface area contributed by atoms with Crippen molar-refractivity contribution in [2.75, 3.05) is 29.9 Å². The van der Waals surface area contributed by atoms with Gasteiger partial charge in [-0.05, 0) is 74.1 Å². The van der Waals surface area contributed by atoms with Crippen molar-refractivity contribution in [1.82, 2.24) is 4.31 Å². The topological polar surface area (TPSA) is 86.8 Å². The summed E-state index contributed by atoms with van der Waals surface area (Å²) in [6.45, 7) is 4.54. The summed E-state index contributed by atoms with van der Waals surface area (Å²) in [5.74, 6) is -0.702. The summed E-state index contributed by atoms with van der Waals surface area (Å²) >= 11 is 6.05. The van der Waals surface area contributed by atoms with Gasteiger partial charge in [0.15, 0.2) is 0 Å². The second-order valence-electron chi connectivity index (χ2n) is 8.72. The molecule has 0 aliphatic carbocycles. The summed E-state index contributed by atoms with van der Waals surface area (Å²) in [7, 11) is -3.76. The van der Waals surface area contributed by atoms with Gasteiger partial charge >= 0.3 is 0 Å². The molecule has 0 unspecified atom stereocenters. The molecule has 0 saturated carbocycles. The van der Waals surface area contributed by atoms with Crippen LogP contribution < -0.4 is 10.2 Å². The van der Waals surface area contributed by atoms with E-state index in [4.69, 9.17) is 11.6 Å². The van der Waals surface area contributed by atoms with Crippen molar-refractivity contribution in [2.24, 2.45) is 5.92 Å². The standard InChI is InChI=1S/C24H28ClN3O4S/c1-16-7-8-20(25)14-22(16)26-24(30)19-6-3-11-27(15-19)33(31,32)21-9-10-23-18(13-21)5-4-12-28(23)17(2)29/h7-10,13-14,19H,3-6,11-12,15H2,1-2H3,(H,26,30)/t19-/m0/s1. The van der Waals surface area contributed by atoms with Crippen molar-refractivity contribution >= 4 is 44.8 Å². The maximum absolute atomic E-state index is 13.4. The number of hydrogen-bond donors (Lipinski definition) is 1. The van der Waals surface area contributed by atoms with Crippen LogP contribution in [0.15, 0.2) is 41.3 Å². The largest absolute Gasteiger partial charge is 0.326 e. The summed E-state index contributed by atoms with van der Waals surface area (Å²) < 4.78 is 28.2. The molecule has 7 nitrogen and oxygen atoms in total. The number of hydrogen-bond acceptors (Lipinski definition) is 4. The summed E-state index contributed by atoms with van der Waals surface area (Å²) in [6, 6.07) is 10.3. The maximum Gasteiger partial charge on any atom is 0.243 e. The number of rotatable bonds is 4. The minimum absolute atomic E-state index is 0.0496. The normalized spacial score (nSPS) is 19.1. The van der Waals surface area contributed by atoms with Gasteiger partial charge in [-0.3, -0.25) is 9.59 Å². The lowest BCUT2D eigenvalue weighted by molar-refractivity contribution is -0.121. The van der Waals surface area contributed by atoms with Crippen LogP contribution in [-0.4, -0.2) is 44.2 Å². The Morgan fingerprint density at radius 3 is 2.64 bits per heavy atom. The number of piperidine rings is 1. The molecule has 0 radical (unpaired) electrons. The van der Waals surface area contributed by atoms with E-state index >= 15 is 0 Å². The second kappa shape index (κ2) is 9.44. The van der Waals surface area contributed by atoms with Crippen molar-refractivity contribution < 1.29 is 18.0 Å². The highest BCUT2D eigenvalue weighted by molar-refractivity contribution is 7.89. The Morgan fingerprint density at radius 2 is 1.88 bits per heavy atom. The van der Waals surface area contributed by atoms with Crippen molar-refractivity contribution in [1.29, 1.82) is 0 Å². The highest BCUT2D eigenvalue weighted by atomic mass is 35.5. The molecule has 0 spiro atoms. The summed E-state index contributed by atoms with van der Waals surface area (Å²) in [5.41, 5.74) is 3.17. The molecule has 1 atom stereocenters. The van der Waals surface area contributed by atoms with Gasteiger partial charge in [0.2, 0.25) is 21.8 Å². The molecule has 2 aliphatic heterocycles. The van der Waals surface area contributed by atoms with E-state index in [1.165, 1.54) is 11.2 Å². The molecule has 1 N–H and O–H groups in total. The van der Waals surface area contributed by atoms with Gasteiger partial charge < -0.3 is 10.2 Å². The van der Waals surface area contributed by atoms with E-state index in [1.807, 2.05) is 13.0 Å². The van der Waals surface area contributed by atoms with Gasteiger partial charge in [0, 0.05) is 43.0 Å². The van der Waals surface area contributed by atoms with E-state index in [0.29, 0.717) is 36.6 Å². The van der Waals surface area contributed by atoms with Gasteiger partial charge in [0.1, 0.15) is 0 Å². The molecule has 0 aromatic heterocycles. The predicted molar refractivity (Wildman–Crippen MR) is 129 cm³/mol. The quantitative estimate of drug-likeness (QED) is 0.703. The fraction of sp³-hybridized carbons (Fsp3) is 0.417. The second-order valence-corrected chi connectivity index (χ2v) is 11.1. The average Bonchev–Trinajstić information content (AvgIpc) is 2.80. The Hall–Kier alpha value is -2.42. The van der Waals surface area contributed by atoms with Crippen LogP contribution in [0.4, 0.5) is 11.4 Å². The van der Waals surface area contributed by atoms with E-state index in [0.717, 1.165) is 29.7 Å². The fourth-order valence-electron chi connectivity index (χ4n) is 4.55. The van der Waals surface area contributed by atoms with Crippen LogP contribution in [0.25, 0.3) is 0 Å². The third kappa shape index (κ3) is 4.93. The summed E-state index contributed by atoms with van der Waals surface area (Å²) in [4.78, 5) is 26.7. The summed E-state index contributed by atoms with van der Waals surface area (Å²) in [6.07, 6.45) is 2.75. The molecule has 2 heterocycles. The first-order valence-electron chi connectivity index (χ1n) is 11.1. The van der Waals surface area contributed by atoms with E-state index in [-0.39, 0.29) is 23.3 Å². The molecule has 0 bridgehead atoms. The number of carbonyl (C=O) groups is 2. The number of nitrogens with zero attached hydrogens (tertiary/aromatic N) is 2. The zero-order valence-electron chi connectivity index (χ0n) is 18.8. The highest BCUT2D eigenvalue weighted by Gasteiger charge is 2.34. The smallest absolute Gasteiger partial charge is 0.243 e. The molecule has 1 saturated heterocycles. The number of aryl methyl sites for hydroxylation is 2. The Labute approximate surface area is 199 Å². The third-order valence-electron chi connectivity index (χ3n) is 6.40. The van der Waals surface area contributed by atoms with Crippen LogP contribution in [0.1, 0.15) is 37.3 Å². The Morgan fingerprint density at radius 1 is 1.09 bits per heavy atom. The van der Waals surface area contributed by atoms with Crippen molar-refractivity contribution in [3.8, 4) is 0 Å². The van der Waals surface area contributed by atoms with Crippen LogP contribution in [0.3, 0.4) is 0 Å². The number of carbonyl (C=O) groups excluding carboxylic acids is 2. The van der Waals surface area contributed by atoms with Gasteiger partial charge in [-0.15, -0.1) is 0 Å². The van der Waals surface area contributed by atoms with E-state index in [1.54, 1.807) is 35.2 Å². The number of nitrogens with one attached hydrogen (secondary N) is 1. The maximum atomic E-state index is 13.4. The molecule has 33 heavy (non-hydrogen) atoms. The first-order chi connectivity index (χ1) is 15.7. The van der Waals surface area contributed by atoms with Gasteiger partial charge in [-0.1, -0.05) is 17.7 Å². The molecule has 2 aromatic carbocycles. The van der Waals surface area contributed by atoms with Crippen LogP contribution >= 0.6 is 11.6 Å². The van der Waals surface area contributed by atoms with Crippen molar-refractivity contribution in [3.05, 3.63) is 52.5 Å². The molecular weight excluding hydrogens is 462 g/mol. The Bertz CT molecular complexity index is 1200. The van der Waals surface area contributed by atoms with Crippen molar-refractivity contribution in [2.45, 2.75) is 44.4 Å². The SMILES string of the molecule is CC(=O)N1CCCc2cc(S(=O)(=O)N3CCC[C@H](C(=O)Nc4cc(Cl)ccc4C)C3)ccc21. The minimum atomic E-state index is -3.76. The van der Waals surface area contributed by atoms with Gasteiger partial charge in [-0.25, -0.2) is 8.42 Å². The average molecular weight is 490 g/mol. The van der Waals surface area contributed by atoms with Crippen molar-refractivity contribution in [3.63, 3.8) is 0 Å². The number of fused-ring (bicyclic) bond motifs is 1. The van der Waals surface area contributed by atoms with Crippen LogP contribution in [-0.2, 0) is 26.0 Å². The number of halogens is 1. The minimum Gasteiger partial charge on any atom is -0.326 e. The molecule has 2 aromatic rings. The number of benzene rings is 2. The van der Waals surface area contributed by atoms with Crippen LogP contribution in [0, 0.1) is 12.8 Å². The zero-order valence-corrected chi connectivity index (χ0v) is 20.4. The van der Waals surface area contributed by atoms with E-state index < -0.39 is 15.9 Å². The zero-order chi connectivity index (χ0) is 23.8. The first kappa shape index (κ1) is 23.7. The molecule has 176 valence electrons. The lowest BCUT2D eigenvalue weighted by atomic mass is 9.98. The molecular formula is C24H28ClN3O4S. The van der Waals surface area contributed by atoms with Gasteiger partial charge in [0.25, 0.3) is 0 Å². The van der Waals surface area contributed by atoms with Gasteiger partial charge in [-0.2, -0.15) is 4.31 Å². The van der Waals surface area contributed by atoms with Crippen LogP contribution in [0.2, 0.25) is 5.02 Å². The molecule has 9 heteroatoms. The lowest BCUT2D eigenvalue weighted by Crippen LogP contribution is -2.43. The fourth-order valence-corrected chi connectivity index (χ4v) is 6.30. The monoisotopic (exact) mass is 489 g/mol. The molecule has 2 amide bonds. The number of amides is 2. The number of sulfonamides is 1. The molecule has 4 rings (SSSR count). The molecule has 1 fully saturated rings. The number of anilines is 2. The first-order valence-corrected chi connectivity index (χ1v) is 13.0. The Balaban J connectivity index is 1.52. The van der Waals surface area contributed by atoms with Gasteiger partial charge in [0.05, 0.1) is 10.8 Å². The van der Waals surface area contributed by atoms with Crippen LogP contribution in [0.5, 0.6) is 0 Å². The lowest BCUT2D eigenvalue weighted by Gasteiger charge is -2.32. The predicted octanol–water partition coefficient (Wildman–Crippen LogP) is 3.99. The molecule has 2 aliphatic rings. The Kier molecular flexibility index (Phi) is 6.79.